The van der Waals surface area contributed by atoms with Crippen LogP contribution in [0.25, 0.3) is 0 Å². The fraction of sp³-hybridized carbons (Fsp3) is 0.438. The van der Waals surface area contributed by atoms with Crippen LogP contribution in [-0.4, -0.2) is 44.0 Å². The highest BCUT2D eigenvalue weighted by Crippen LogP contribution is 2.13. The summed E-state index contributed by atoms with van der Waals surface area (Å²) in [5.74, 6) is -1.65. The third-order valence-corrected chi connectivity index (χ3v) is 2.70. The summed E-state index contributed by atoms with van der Waals surface area (Å²) < 4.78 is 15.1. The summed E-state index contributed by atoms with van der Waals surface area (Å²) >= 11 is 0. The zero-order chi connectivity index (χ0) is 16.4. The molecule has 1 aromatic carbocycles. The maximum Gasteiger partial charge on any atom is 0.375 e. The van der Waals surface area contributed by atoms with Crippen LogP contribution in [0, 0.1) is 0 Å². The molecular formula is C16H20O6. The molecule has 0 aromatic heterocycles. The molecule has 0 saturated heterocycles. The van der Waals surface area contributed by atoms with E-state index in [-0.39, 0.29) is 6.61 Å². The number of benzene rings is 1. The van der Waals surface area contributed by atoms with Gasteiger partial charge in [-0.25, -0.2) is 4.79 Å². The zero-order valence-electron chi connectivity index (χ0n) is 12.8. The monoisotopic (exact) mass is 308 g/mol. The average Bonchev–Trinajstić information content (AvgIpc) is 2.52. The molecule has 0 aliphatic rings. The van der Waals surface area contributed by atoms with Crippen molar-refractivity contribution in [1.29, 1.82) is 0 Å². The Morgan fingerprint density at radius 2 is 1.64 bits per heavy atom. The van der Waals surface area contributed by atoms with Crippen LogP contribution in [0.3, 0.4) is 0 Å². The smallest absolute Gasteiger partial charge is 0.375 e. The topological polar surface area (TPSA) is 78.9 Å². The maximum atomic E-state index is 11.9. The van der Waals surface area contributed by atoms with E-state index < -0.39 is 24.0 Å². The lowest BCUT2D eigenvalue weighted by Gasteiger charge is -2.07. The van der Waals surface area contributed by atoms with Gasteiger partial charge in [0.05, 0.1) is 19.6 Å². The van der Waals surface area contributed by atoms with E-state index >= 15 is 0 Å². The number of rotatable bonds is 10. The molecule has 22 heavy (non-hydrogen) atoms. The number of Topliss-reactive ketones (excluding diaryl/α,β-unsaturated/α-hetero) is 2. The van der Waals surface area contributed by atoms with Gasteiger partial charge in [-0.1, -0.05) is 0 Å². The van der Waals surface area contributed by atoms with Gasteiger partial charge >= 0.3 is 5.97 Å². The van der Waals surface area contributed by atoms with Gasteiger partial charge in [-0.3, -0.25) is 9.59 Å². The van der Waals surface area contributed by atoms with Gasteiger partial charge in [-0.15, -0.1) is 0 Å². The quantitative estimate of drug-likeness (QED) is 0.216. The van der Waals surface area contributed by atoms with Gasteiger partial charge in [0.2, 0.25) is 5.78 Å². The van der Waals surface area contributed by atoms with Gasteiger partial charge in [0, 0.05) is 12.2 Å². The number of hydrogen-bond donors (Lipinski definition) is 0. The highest BCUT2D eigenvalue weighted by Gasteiger charge is 2.19. The minimum Gasteiger partial charge on any atom is -0.491 e. The lowest BCUT2D eigenvalue weighted by atomic mass is 10.1. The SMILES string of the molecule is CCOCCOc1ccc(C(=O)CC(=O)C(=O)OCC)cc1. The lowest BCUT2D eigenvalue weighted by Crippen LogP contribution is -2.20. The van der Waals surface area contributed by atoms with Gasteiger partial charge < -0.3 is 14.2 Å². The van der Waals surface area contributed by atoms with E-state index in [0.717, 1.165) is 0 Å². The highest BCUT2D eigenvalue weighted by molar-refractivity contribution is 6.38. The first-order valence-corrected chi connectivity index (χ1v) is 7.12. The van der Waals surface area contributed by atoms with Crippen molar-refractivity contribution in [3.05, 3.63) is 29.8 Å². The van der Waals surface area contributed by atoms with Crippen molar-refractivity contribution in [2.45, 2.75) is 20.3 Å². The molecule has 0 bridgehead atoms. The summed E-state index contributed by atoms with van der Waals surface area (Å²) in [6.07, 6.45) is -0.497. The summed E-state index contributed by atoms with van der Waals surface area (Å²) in [6.45, 7) is 5.14. The van der Waals surface area contributed by atoms with E-state index in [1.54, 1.807) is 31.2 Å². The number of hydrogen-bond acceptors (Lipinski definition) is 6. The molecule has 0 atom stereocenters. The van der Waals surface area contributed by atoms with Gasteiger partial charge in [0.25, 0.3) is 0 Å². The Kier molecular flexibility index (Phi) is 7.85. The van der Waals surface area contributed by atoms with E-state index in [1.807, 2.05) is 6.92 Å². The molecule has 0 heterocycles. The highest BCUT2D eigenvalue weighted by atomic mass is 16.5. The van der Waals surface area contributed by atoms with Crippen LogP contribution in [0.5, 0.6) is 5.75 Å². The van der Waals surface area contributed by atoms with Crippen LogP contribution in [-0.2, 0) is 19.1 Å². The van der Waals surface area contributed by atoms with Crippen LogP contribution in [0.4, 0.5) is 0 Å². The van der Waals surface area contributed by atoms with Crippen LogP contribution < -0.4 is 4.74 Å². The molecule has 0 aliphatic carbocycles. The van der Waals surface area contributed by atoms with Crippen molar-refractivity contribution in [2.24, 2.45) is 0 Å². The fourth-order valence-corrected chi connectivity index (χ4v) is 1.63. The Balaban J connectivity index is 2.50. The second kappa shape index (κ2) is 9.68. The normalized spacial score (nSPS) is 10.1. The van der Waals surface area contributed by atoms with E-state index in [1.165, 1.54) is 0 Å². The lowest BCUT2D eigenvalue weighted by molar-refractivity contribution is -0.153. The van der Waals surface area contributed by atoms with Gasteiger partial charge in [-0.2, -0.15) is 0 Å². The summed E-state index contributed by atoms with van der Waals surface area (Å²) in [6, 6.07) is 6.37. The Morgan fingerprint density at radius 3 is 2.23 bits per heavy atom. The molecule has 0 spiro atoms. The van der Waals surface area contributed by atoms with Crippen molar-refractivity contribution in [2.75, 3.05) is 26.4 Å². The Labute approximate surface area is 129 Å². The van der Waals surface area contributed by atoms with E-state index in [4.69, 9.17) is 9.47 Å². The molecule has 0 N–H and O–H groups in total. The summed E-state index contributed by atoms with van der Waals surface area (Å²) in [5.41, 5.74) is 0.342. The van der Waals surface area contributed by atoms with E-state index in [2.05, 4.69) is 4.74 Å². The third kappa shape index (κ3) is 6.05. The predicted octanol–water partition coefficient (Wildman–Crippen LogP) is 1.81. The van der Waals surface area contributed by atoms with Crippen molar-refractivity contribution in [3.8, 4) is 5.75 Å². The number of carbonyl (C=O) groups excluding carboxylic acids is 3. The molecule has 1 aromatic rings. The summed E-state index contributed by atoms with van der Waals surface area (Å²) in [4.78, 5) is 34.5. The number of esters is 1. The maximum absolute atomic E-state index is 11.9. The Hall–Kier alpha value is -2.21. The molecule has 6 nitrogen and oxygen atoms in total. The second-order valence-electron chi connectivity index (χ2n) is 4.31. The standard InChI is InChI=1S/C16H20O6/c1-3-20-9-10-22-13-7-5-12(6-8-13)14(17)11-15(18)16(19)21-4-2/h5-8H,3-4,9-11H2,1-2H3. The summed E-state index contributed by atoms with van der Waals surface area (Å²) in [5, 5.41) is 0. The molecule has 6 heteroatoms. The first kappa shape index (κ1) is 17.8. The molecule has 0 saturated carbocycles. The molecule has 0 radical (unpaired) electrons. The number of ketones is 2. The second-order valence-corrected chi connectivity index (χ2v) is 4.31. The Morgan fingerprint density at radius 1 is 0.955 bits per heavy atom. The van der Waals surface area contributed by atoms with Crippen molar-refractivity contribution < 1.29 is 28.6 Å². The molecule has 0 aliphatic heterocycles. The molecule has 0 fully saturated rings. The molecule has 0 amide bonds. The van der Waals surface area contributed by atoms with Crippen LogP contribution in [0.1, 0.15) is 30.6 Å². The van der Waals surface area contributed by atoms with Crippen molar-refractivity contribution >= 4 is 17.5 Å². The van der Waals surface area contributed by atoms with Gasteiger partial charge in [0.15, 0.2) is 5.78 Å². The van der Waals surface area contributed by atoms with Crippen molar-refractivity contribution in [3.63, 3.8) is 0 Å². The van der Waals surface area contributed by atoms with Crippen LogP contribution in [0.2, 0.25) is 0 Å². The van der Waals surface area contributed by atoms with Gasteiger partial charge in [0.1, 0.15) is 12.4 Å². The Bertz CT molecular complexity index is 506. The minimum absolute atomic E-state index is 0.104. The largest absolute Gasteiger partial charge is 0.491 e. The molecule has 1 rings (SSSR count). The molecule has 0 unspecified atom stereocenters. The predicted molar refractivity (Wildman–Crippen MR) is 79.0 cm³/mol. The molecular weight excluding hydrogens is 288 g/mol. The summed E-state index contributed by atoms with van der Waals surface area (Å²) in [7, 11) is 0. The first-order valence-electron chi connectivity index (χ1n) is 7.12. The van der Waals surface area contributed by atoms with E-state index in [0.29, 0.717) is 31.1 Å². The molecule has 120 valence electrons. The average molecular weight is 308 g/mol. The van der Waals surface area contributed by atoms with Crippen LogP contribution >= 0.6 is 0 Å². The van der Waals surface area contributed by atoms with Crippen molar-refractivity contribution in [1.82, 2.24) is 0 Å². The first-order chi connectivity index (χ1) is 10.6. The minimum atomic E-state index is -0.980. The zero-order valence-corrected chi connectivity index (χ0v) is 12.8. The van der Waals surface area contributed by atoms with Gasteiger partial charge in [-0.05, 0) is 38.1 Å². The third-order valence-electron chi connectivity index (χ3n) is 2.70. The number of ether oxygens (including phenoxy) is 3. The van der Waals surface area contributed by atoms with E-state index in [9.17, 15) is 14.4 Å². The fourth-order valence-electron chi connectivity index (χ4n) is 1.63. The van der Waals surface area contributed by atoms with Crippen LogP contribution in [0.15, 0.2) is 24.3 Å². The number of carbonyl (C=O) groups is 3.